The van der Waals surface area contributed by atoms with Crippen LogP contribution in [0.1, 0.15) is 32.3 Å². The highest BCUT2D eigenvalue weighted by atomic mass is 19.1. The number of carboxylic acid groups (broad SMARTS) is 1. The van der Waals surface area contributed by atoms with E-state index < -0.39 is 35.2 Å². The molecule has 1 aromatic rings. The summed E-state index contributed by atoms with van der Waals surface area (Å²) in [6, 6.07) is 2.87. The first kappa shape index (κ1) is 15.7. The monoisotopic (exact) mass is 298 g/mol. The van der Waals surface area contributed by atoms with E-state index in [-0.39, 0.29) is 5.56 Å². The fourth-order valence-electron chi connectivity index (χ4n) is 2.98. The molecule has 2 atom stereocenters. The van der Waals surface area contributed by atoms with Crippen molar-refractivity contribution in [1.29, 1.82) is 0 Å². The average Bonchev–Trinajstić information content (AvgIpc) is 2.78. The van der Waals surface area contributed by atoms with Gasteiger partial charge in [-0.15, -0.1) is 0 Å². The van der Waals surface area contributed by atoms with Crippen LogP contribution in [0.25, 0.3) is 0 Å². The van der Waals surface area contributed by atoms with Crippen LogP contribution in [0.15, 0.2) is 18.2 Å². The van der Waals surface area contributed by atoms with Crippen LogP contribution in [0.4, 0.5) is 13.6 Å². The number of halogens is 2. The maximum atomic E-state index is 14.0. The Morgan fingerprint density at radius 3 is 2.57 bits per heavy atom. The largest absolute Gasteiger partial charge is 0.465 e. The molecule has 1 amide bonds. The number of benzene rings is 1. The zero-order valence-electron chi connectivity index (χ0n) is 12.4. The van der Waals surface area contributed by atoms with E-state index in [0.29, 0.717) is 13.1 Å². The fourth-order valence-corrected chi connectivity index (χ4v) is 2.98. The molecule has 1 aliphatic rings. The van der Waals surface area contributed by atoms with Crippen molar-refractivity contribution >= 4 is 6.09 Å². The Bertz CT molecular complexity index is 543. The van der Waals surface area contributed by atoms with E-state index in [4.69, 9.17) is 0 Å². The summed E-state index contributed by atoms with van der Waals surface area (Å²) in [6.07, 6.45) is -1.06. The first-order valence-corrected chi connectivity index (χ1v) is 6.89. The van der Waals surface area contributed by atoms with Crippen molar-refractivity contribution in [2.45, 2.75) is 38.3 Å². The minimum Gasteiger partial charge on any atom is -0.465 e. The first-order valence-electron chi connectivity index (χ1n) is 6.89. The molecule has 0 radical (unpaired) electrons. The highest BCUT2D eigenvalue weighted by Gasteiger charge is 2.41. The molecule has 0 spiro atoms. The molecule has 1 fully saturated rings. The minimum absolute atomic E-state index is 0.223. The smallest absolute Gasteiger partial charge is 0.408 e. The summed E-state index contributed by atoms with van der Waals surface area (Å²) in [5.74, 6) is -1.43. The van der Waals surface area contributed by atoms with Gasteiger partial charge < -0.3 is 10.4 Å². The Morgan fingerprint density at radius 1 is 1.33 bits per heavy atom. The molecule has 4 nitrogen and oxygen atoms in total. The summed E-state index contributed by atoms with van der Waals surface area (Å²) in [5, 5.41) is 12.6. The van der Waals surface area contributed by atoms with Gasteiger partial charge in [-0.05, 0) is 44.5 Å². The van der Waals surface area contributed by atoms with E-state index in [1.54, 1.807) is 20.8 Å². The summed E-state index contributed by atoms with van der Waals surface area (Å²) in [4.78, 5) is 12.9. The van der Waals surface area contributed by atoms with Gasteiger partial charge in [-0.1, -0.05) is 0 Å². The van der Waals surface area contributed by atoms with Crippen LogP contribution in [0.3, 0.4) is 0 Å². The summed E-state index contributed by atoms with van der Waals surface area (Å²) in [5.41, 5.74) is -0.398. The van der Waals surface area contributed by atoms with Gasteiger partial charge in [-0.3, -0.25) is 4.90 Å². The second kappa shape index (κ2) is 5.60. The Morgan fingerprint density at radius 2 is 2.00 bits per heavy atom. The Kier molecular flexibility index (Phi) is 4.18. The van der Waals surface area contributed by atoms with Gasteiger partial charge in [0.15, 0.2) is 0 Å². The molecule has 116 valence electrons. The van der Waals surface area contributed by atoms with E-state index in [0.717, 1.165) is 18.2 Å². The molecule has 21 heavy (non-hydrogen) atoms. The first-order chi connectivity index (χ1) is 9.71. The predicted molar refractivity (Wildman–Crippen MR) is 75.4 cm³/mol. The van der Waals surface area contributed by atoms with E-state index in [1.165, 1.54) is 4.90 Å². The number of amides is 1. The van der Waals surface area contributed by atoms with Crippen molar-refractivity contribution < 1.29 is 18.7 Å². The van der Waals surface area contributed by atoms with Crippen LogP contribution in [-0.4, -0.2) is 40.8 Å². The second-order valence-corrected chi connectivity index (χ2v) is 6.32. The zero-order valence-corrected chi connectivity index (χ0v) is 12.4. The lowest BCUT2D eigenvalue weighted by atomic mass is 9.90. The lowest BCUT2D eigenvalue weighted by Gasteiger charge is -2.40. The number of hydrogen-bond donors (Lipinski definition) is 2. The Labute approximate surface area is 122 Å². The lowest BCUT2D eigenvalue weighted by Crippen LogP contribution is -2.53. The molecule has 0 aliphatic carbocycles. The maximum absolute atomic E-state index is 14.0. The molecule has 0 unspecified atom stereocenters. The third-order valence-corrected chi connectivity index (χ3v) is 3.80. The minimum atomic E-state index is -1.06. The molecule has 1 aliphatic heterocycles. The van der Waals surface area contributed by atoms with Crippen molar-refractivity contribution in [3.63, 3.8) is 0 Å². The van der Waals surface area contributed by atoms with Gasteiger partial charge in [0.2, 0.25) is 0 Å². The van der Waals surface area contributed by atoms with Crippen LogP contribution >= 0.6 is 0 Å². The van der Waals surface area contributed by atoms with Crippen LogP contribution in [0, 0.1) is 11.6 Å². The number of hydrogen-bond acceptors (Lipinski definition) is 2. The molecule has 1 heterocycles. The molecule has 0 saturated carbocycles. The average molecular weight is 298 g/mol. The topological polar surface area (TPSA) is 52.6 Å². The van der Waals surface area contributed by atoms with Crippen molar-refractivity contribution in [3.05, 3.63) is 35.4 Å². The van der Waals surface area contributed by atoms with E-state index in [9.17, 15) is 18.7 Å². The normalized spacial score (nSPS) is 22.3. The van der Waals surface area contributed by atoms with Crippen molar-refractivity contribution in [1.82, 2.24) is 10.2 Å². The molecule has 2 rings (SSSR count). The fraction of sp³-hybridized carbons (Fsp3) is 0.533. The lowest BCUT2D eigenvalue weighted by molar-refractivity contribution is 0.0704. The number of rotatable bonds is 2. The SMILES string of the molecule is CC(C)(C)N(C(=O)O)[C@@H]1CNC[C@H]1c1cc(F)ccc1F. The highest BCUT2D eigenvalue weighted by molar-refractivity contribution is 5.67. The predicted octanol–water partition coefficient (Wildman–Crippen LogP) is 2.80. The Hall–Kier alpha value is -1.69. The second-order valence-electron chi connectivity index (χ2n) is 6.32. The molecule has 1 aromatic carbocycles. The van der Waals surface area contributed by atoms with Gasteiger partial charge in [0.25, 0.3) is 0 Å². The maximum Gasteiger partial charge on any atom is 0.408 e. The summed E-state index contributed by atoms with van der Waals surface area (Å²) < 4.78 is 27.4. The van der Waals surface area contributed by atoms with Crippen molar-refractivity contribution in [3.8, 4) is 0 Å². The van der Waals surface area contributed by atoms with Gasteiger partial charge in [0, 0.05) is 24.5 Å². The number of nitrogens with zero attached hydrogens (tertiary/aromatic N) is 1. The van der Waals surface area contributed by atoms with E-state index >= 15 is 0 Å². The molecule has 2 N–H and O–H groups in total. The van der Waals surface area contributed by atoms with Gasteiger partial charge in [0.05, 0.1) is 6.04 Å². The van der Waals surface area contributed by atoms with E-state index in [2.05, 4.69) is 5.32 Å². The molecule has 1 saturated heterocycles. The number of carbonyl (C=O) groups is 1. The standard InChI is InChI=1S/C15H20F2N2O2/c1-15(2,3)19(14(20)21)13-8-18-7-11(13)10-6-9(16)4-5-12(10)17/h4-6,11,13,18H,7-8H2,1-3H3,(H,20,21)/t11-,13+/m0/s1. The van der Waals surface area contributed by atoms with Gasteiger partial charge in [0.1, 0.15) is 11.6 Å². The van der Waals surface area contributed by atoms with Crippen molar-refractivity contribution in [2.24, 2.45) is 0 Å². The van der Waals surface area contributed by atoms with Gasteiger partial charge >= 0.3 is 6.09 Å². The summed E-state index contributed by atoms with van der Waals surface area (Å²) in [6.45, 7) is 6.21. The number of nitrogens with one attached hydrogen (secondary N) is 1. The third-order valence-electron chi connectivity index (χ3n) is 3.80. The van der Waals surface area contributed by atoms with Crippen LogP contribution in [0.2, 0.25) is 0 Å². The summed E-state index contributed by atoms with van der Waals surface area (Å²) in [7, 11) is 0. The molecule has 0 aromatic heterocycles. The van der Waals surface area contributed by atoms with Gasteiger partial charge in [-0.25, -0.2) is 13.6 Å². The molecular formula is C15H20F2N2O2. The molecular weight excluding hydrogens is 278 g/mol. The molecule has 6 heteroatoms. The van der Waals surface area contributed by atoms with Crippen LogP contribution in [-0.2, 0) is 0 Å². The van der Waals surface area contributed by atoms with Crippen molar-refractivity contribution in [2.75, 3.05) is 13.1 Å². The highest BCUT2D eigenvalue weighted by Crippen LogP contribution is 2.32. The Balaban J connectivity index is 2.40. The summed E-state index contributed by atoms with van der Waals surface area (Å²) >= 11 is 0. The van der Waals surface area contributed by atoms with Crippen LogP contribution in [0.5, 0.6) is 0 Å². The molecule has 0 bridgehead atoms. The third kappa shape index (κ3) is 3.15. The zero-order chi connectivity index (χ0) is 15.8. The van der Waals surface area contributed by atoms with Gasteiger partial charge in [-0.2, -0.15) is 0 Å². The van der Waals surface area contributed by atoms with E-state index in [1.807, 2.05) is 0 Å². The quantitative estimate of drug-likeness (QED) is 0.883. The van der Waals surface area contributed by atoms with Crippen LogP contribution < -0.4 is 5.32 Å².